The molecule has 1 atom stereocenters. The Morgan fingerprint density at radius 3 is 2.79 bits per heavy atom. The highest BCUT2D eigenvalue weighted by Gasteiger charge is 2.27. The molecule has 0 saturated heterocycles. The van der Waals surface area contributed by atoms with E-state index in [-0.39, 0.29) is 0 Å². The molecule has 3 heterocycles. The van der Waals surface area contributed by atoms with Gasteiger partial charge in [0.1, 0.15) is 5.76 Å². The maximum Gasteiger partial charge on any atom is 0.247 e. The van der Waals surface area contributed by atoms with Gasteiger partial charge in [-0.05, 0) is 31.5 Å². The zero-order valence-electron chi connectivity index (χ0n) is 16.1. The largest absolute Gasteiger partial charge is 0.460 e. The van der Waals surface area contributed by atoms with Crippen LogP contribution in [0.25, 0.3) is 11.3 Å². The number of anilines is 1. The number of ether oxygens (including phenoxy) is 1. The van der Waals surface area contributed by atoms with Crippen LogP contribution in [-0.4, -0.2) is 20.9 Å². The highest BCUT2D eigenvalue weighted by molar-refractivity contribution is 7.99. The fraction of sp³-hybridized carbons (Fsp3) is 0.381. The van der Waals surface area contributed by atoms with Gasteiger partial charge >= 0.3 is 0 Å². The van der Waals surface area contributed by atoms with Crippen molar-refractivity contribution in [2.24, 2.45) is 0 Å². The van der Waals surface area contributed by atoms with E-state index in [4.69, 9.17) is 9.15 Å². The zero-order chi connectivity index (χ0) is 19.3. The third-order valence-corrected chi connectivity index (χ3v) is 5.51. The Kier molecular flexibility index (Phi) is 5.81. The number of unbranched alkanes of at least 4 members (excludes halogenated alkanes) is 3. The molecule has 0 unspecified atom stereocenters. The van der Waals surface area contributed by atoms with Crippen LogP contribution >= 0.6 is 11.8 Å². The van der Waals surface area contributed by atoms with Gasteiger partial charge in [0.2, 0.25) is 17.3 Å². The number of para-hydroxylation sites is 1. The Morgan fingerprint density at radius 2 is 1.96 bits per heavy atom. The van der Waals surface area contributed by atoms with Crippen molar-refractivity contribution in [3.05, 3.63) is 47.9 Å². The molecule has 4 rings (SSSR count). The second-order valence-corrected chi connectivity index (χ2v) is 7.86. The van der Waals surface area contributed by atoms with E-state index in [9.17, 15) is 0 Å². The molecule has 1 N–H and O–H groups in total. The van der Waals surface area contributed by atoms with E-state index in [2.05, 4.69) is 27.4 Å². The zero-order valence-corrected chi connectivity index (χ0v) is 17.0. The van der Waals surface area contributed by atoms with Crippen molar-refractivity contribution in [1.82, 2.24) is 15.2 Å². The van der Waals surface area contributed by atoms with E-state index >= 15 is 0 Å². The fourth-order valence-electron chi connectivity index (χ4n) is 3.12. The van der Waals surface area contributed by atoms with Crippen LogP contribution in [0.15, 0.2) is 46.0 Å². The van der Waals surface area contributed by atoms with E-state index in [1.807, 2.05) is 43.3 Å². The molecule has 1 aliphatic rings. The number of rotatable bonds is 7. The Balaban J connectivity index is 1.61. The van der Waals surface area contributed by atoms with Crippen molar-refractivity contribution < 1.29 is 9.15 Å². The SMILES string of the molecule is CCCCCCSc1nnc2c(n1)O[C@@H](c1ccc(C)o1)Nc1ccccc1-2. The highest BCUT2D eigenvalue weighted by atomic mass is 32.2. The maximum atomic E-state index is 6.19. The van der Waals surface area contributed by atoms with Gasteiger partial charge in [-0.1, -0.05) is 56.1 Å². The van der Waals surface area contributed by atoms with E-state index < -0.39 is 6.23 Å². The molecule has 1 aromatic carbocycles. The third kappa shape index (κ3) is 4.14. The number of hydrogen-bond donors (Lipinski definition) is 1. The molecule has 0 radical (unpaired) electrons. The quantitative estimate of drug-likeness (QED) is 0.411. The topological polar surface area (TPSA) is 73.1 Å². The summed E-state index contributed by atoms with van der Waals surface area (Å²) in [6.45, 7) is 4.13. The summed E-state index contributed by atoms with van der Waals surface area (Å²) in [7, 11) is 0. The van der Waals surface area contributed by atoms with E-state index in [1.165, 1.54) is 19.3 Å². The van der Waals surface area contributed by atoms with E-state index in [0.717, 1.165) is 29.2 Å². The summed E-state index contributed by atoms with van der Waals surface area (Å²) >= 11 is 1.62. The molecule has 7 heteroatoms. The summed E-state index contributed by atoms with van der Waals surface area (Å²) in [6, 6.07) is 11.8. The third-order valence-electron chi connectivity index (χ3n) is 4.58. The van der Waals surface area contributed by atoms with Gasteiger partial charge in [0.25, 0.3) is 0 Å². The number of aromatic nitrogens is 3. The Hall–Kier alpha value is -2.54. The van der Waals surface area contributed by atoms with Gasteiger partial charge in [-0.2, -0.15) is 4.98 Å². The number of hydrogen-bond acceptors (Lipinski definition) is 7. The van der Waals surface area contributed by atoms with Crippen LogP contribution in [0.4, 0.5) is 5.69 Å². The normalized spacial score (nSPS) is 15.1. The van der Waals surface area contributed by atoms with Gasteiger partial charge in [-0.15, -0.1) is 10.2 Å². The van der Waals surface area contributed by atoms with Crippen LogP contribution in [0.2, 0.25) is 0 Å². The molecule has 1 aliphatic heterocycles. The second kappa shape index (κ2) is 8.65. The van der Waals surface area contributed by atoms with Gasteiger partial charge in [-0.25, -0.2) is 0 Å². The summed E-state index contributed by atoms with van der Waals surface area (Å²) < 4.78 is 12.0. The first-order valence-corrected chi connectivity index (χ1v) is 10.7. The van der Waals surface area contributed by atoms with E-state index in [1.54, 1.807) is 11.8 Å². The minimum Gasteiger partial charge on any atom is -0.460 e. The molecule has 0 saturated carbocycles. The lowest BCUT2D eigenvalue weighted by molar-refractivity contribution is 0.194. The maximum absolute atomic E-state index is 6.19. The minimum absolute atomic E-state index is 0.475. The molecule has 28 heavy (non-hydrogen) atoms. The minimum atomic E-state index is -0.477. The van der Waals surface area contributed by atoms with Crippen LogP contribution < -0.4 is 10.1 Å². The van der Waals surface area contributed by atoms with Crippen molar-refractivity contribution in [3.8, 4) is 17.1 Å². The Bertz CT molecular complexity index is 944. The van der Waals surface area contributed by atoms with Gasteiger partial charge in [-0.3, -0.25) is 0 Å². The molecular weight excluding hydrogens is 372 g/mol. The molecular formula is C21H24N4O2S. The summed E-state index contributed by atoms with van der Waals surface area (Å²) in [5.74, 6) is 2.99. The summed E-state index contributed by atoms with van der Waals surface area (Å²) in [4.78, 5) is 4.66. The van der Waals surface area contributed by atoms with Gasteiger partial charge in [0, 0.05) is 17.0 Å². The van der Waals surface area contributed by atoms with Crippen LogP contribution in [0, 0.1) is 6.92 Å². The molecule has 3 aromatic rings. The van der Waals surface area contributed by atoms with Crippen LogP contribution in [0.1, 0.15) is 50.4 Å². The predicted octanol–water partition coefficient (Wildman–Crippen LogP) is 5.62. The number of aryl methyl sites for hydroxylation is 1. The first-order valence-electron chi connectivity index (χ1n) is 9.71. The second-order valence-electron chi connectivity index (χ2n) is 6.79. The lowest BCUT2D eigenvalue weighted by Gasteiger charge is -2.16. The number of nitrogens with zero attached hydrogens (tertiary/aromatic N) is 3. The molecule has 146 valence electrons. The molecule has 0 fully saturated rings. The van der Waals surface area contributed by atoms with Gasteiger partial charge < -0.3 is 14.5 Å². The van der Waals surface area contributed by atoms with Gasteiger partial charge in [0.15, 0.2) is 11.5 Å². The average Bonchev–Trinajstić information content (AvgIpc) is 3.07. The lowest BCUT2D eigenvalue weighted by atomic mass is 10.1. The van der Waals surface area contributed by atoms with Crippen molar-refractivity contribution in [2.75, 3.05) is 11.1 Å². The first kappa shape index (κ1) is 18.8. The Labute approximate surface area is 169 Å². The number of fused-ring (bicyclic) bond motifs is 3. The van der Waals surface area contributed by atoms with Crippen molar-refractivity contribution in [2.45, 2.75) is 50.9 Å². The number of nitrogens with one attached hydrogen (secondary N) is 1. The number of furan rings is 1. The van der Waals surface area contributed by atoms with Crippen LogP contribution in [0.3, 0.4) is 0 Å². The van der Waals surface area contributed by atoms with E-state index in [0.29, 0.717) is 22.5 Å². The van der Waals surface area contributed by atoms with Crippen molar-refractivity contribution >= 4 is 17.4 Å². The average molecular weight is 397 g/mol. The molecule has 0 aliphatic carbocycles. The summed E-state index contributed by atoms with van der Waals surface area (Å²) in [5.41, 5.74) is 2.48. The van der Waals surface area contributed by atoms with Crippen molar-refractivity contribution in [3.63, 3.8) is 0 Å². The molecule has 0 bridgehead atoms. The summed E-state index contributed by atoms with van der Waals surface area (Å²) in [5, 5.41) is 12.8. The fourth-order valence-corrected chi connectivity index (χ4v) is 3.90. The summed E-state index contributed by atoms with van der Waals surface area (Å²) in [6.07, 6.45) is 4.40. The smallest absolute Gasteiger partial charge is 0.247 e. The monoisotopic (exact) mass is 396 g/mol. The lowest BCUT2D eigenvalue weighted by Crippen LogP contribution is -2.16. The Morgan fingerprint density at radius 1 is 1.07 bits per heavy atom. The highest BCUT2D eigenvalue weighted by Crippen LogP contribution is 2.39. The predicted molar refractivity (Wildman–Crippen MR) is 111 cm³/mol. The molecule has 2 aromatic heterocycles. The van der Waals surface area contributed by atoms with Crippen LogP contribution in [0.5, 0.6) is 5.88 Å². The number of thioether (sulfide) groups is 1. The van der Waals surface area contributed by atoms with Gasteiger partial charge in [0.05, 0.1) is 0 Å². The molecule has 0 amide bonds. The van der Waals surface area contributed by atoms with Crippen molar-refractivity contribution in [1.29, 1.82) is 0 Å². The number of benzene rings is 1. The molecule has 0 spiro atoms. The van der Waals surface area contributed by atoms with Crippen LogP contribution in [-0.2, 0) is 0 Å². The molecule has 6 nitrogen and oxygen atoms in total. The standard InChI is InChI=1S/C21H24N4O2S/c1-3-4-5-8-13-28-21-23-20-18(24-25-21)15-9-6-7-10-16(15)22-19(27-20)17-12-11-14(2)26-17/h6-7,9-12,19,22H,3-5,8,13H2,1-2H3/t19-/m0/s1. The first-order chi connectivity index (χ1) is 13.7.